The number of rotatable bonds is 4. The van der Waals surface area contributed by atoms with Crippen LogP contribution in [0.5, 0.6) is 0 Å². The Balaban J connectivity index is 1.17. The SMILES string of the molecule is c1ccc(-c2nc(-c3cccc4ccccc34)nc(-c3cccc4oc5ccc(-n6c7ccccc7c7cc8ccccc8cc76)cc5c34)n2)cc1. The first kappa shape index (κ1) is 28.7. The lowest BCUT2D eigenvalue weighted by Crippen LogP contribution is -2.00. The molecular weight excluding hydrogens is 637 g/mol. The van der Waals surface area contributed by atoms with E-state index in [1.807, 2.05) is 42.5 Å². The van der Waals surface area contributed by atoms with Crippen molar-refractivity contribution >= 4 is 65.3 Å². The molecule has 0 aliphatic heterocycles. The zero-order chi connectivity index (χ0) is 34.2. The number of hydrogen-bond donors (Lipinski definition) is 0. The molecule has 3 heterocycles. The lowest BCUT2D eigenvalue weighted by Gasteiger charge is -2.11. The van der Waals surface area contributed by atoms with Gasteiger partial charge in [0, 0.05) is 43.9 Å². The zero-order valence-corrected chi connectivity index (χ0v) is 27.9. The van der Waals surface area contributed by atoms with Gasteiger partial charge in [0.25, 0.3) is 0 Å². The molecule has 0 amide bonds. The average molecular weight is 665 g/mol. The van der Waals surface area contributed by atoms with Crippen LogP contribution in [-0.2, 0) is 0 Å². The van der Waals surface area contributed by atoms with Crippen molar-refractivity contribution in [1.82, 2.24) is 19.5 Å². The molecule has 11 aromatic rings. The second kappa shape index (κ2) is 11.2. The highest BCUT2D eigenvalue weighted by Gasteiger charge is 2.20. The molecule has 0 unspecified atom stereocenters. The van der Waals surface area contributed by atoms with Crippen molar-refractivity contribution in [3.05, 3.63) is 170 Å². The van der Waals surface area contributed by atoms with Crippen LogP contribution in [0.15, 0.2) is 174 Å². The highest BCUT2D eigenvalue weighted by atomic mass is 16.3. The van der Waals surface area contributed by atoms with Crippen molar-refractivity contribution in [2.24, 2.45) is 0 Å². The van der Waals surface area contributed by atoms with Crippen LogP contribution in [0.4, 0.5) is 0 Å². The minimum absolute atomic E-state index is 0.596. The van der Waals surface area contributed by atoms with Crippen LogP contribution in [0.2, 0.25) is 0 Å². The molecule has 0 aliphatic carbocycles. The first-order valence-electron chi connectivity index (χ1n) is 17.4. The maximum atomic E-state index is 6.53. The van der Waals surface area contributed by atoms with Crippen molar-refractivity contribution < 1.29 is 4.42 Å². The molecule has 11 rings (SSSR count). The number of fused-ring (bicyclic) bond motifs is 8. The maximum absolute atomic E-state index is 6.53. The normalized spacial score (nSPS) is 11.8. The van der Waals surface area contributed by atoms with Crippen molar-refractivity contribution in [3.63, 3.8) is 0 Å². The Morgan fingerprint density at radius 2 is 1.04 bits per heavy atom. The first-order valence-corrected chi connectivity index (χ1v) is 17.4. The van der Waals surface area contributed by atoms with Gasteiger partial charge in [0.2, 0.25) is 0 Å². The van der Waals surface area contributed by atoms with E-state index in [0.717, 1.165) is 66.1 Å². The van der Waals surface area contributed by atoms with Crippen molar-refractivity contribution in [2.75, 3.05) is 0 Å². The molecule has 5 heteroatoms. The molecule has 52 heavy (non-hydrogen) atoms. The van der Waals surface area contributed by atoms with Gasteiger partial charge in [-0.3, -0.25) is 0 Å². The van der Waals surface area contributed by atoms with E-state index in [9.17, 15) is 0 Å². The Hall–Kier alpha value is -7.11. The largest absolute Gasteiger partial charge is 0.456 e. The Morgan fingerprint density at radius 3 is 1.90 bits per heavy atom. The van der Waals surface area contributed by atoms with E-state index in [1.54, 1.807) is 0 Å². The highest BCUT2D eigenvalue weighted by molar-refractivity contribution is 6.15. The van der Waals surface area contributed by atoms with E-state index >= 15 is 0 Å². The predicted octanol–water partition coefficient (Wildman–Crippen LogP) is 12.2. The molecule has 0 aliphatic rings. The monoisotopic (exact) mass is 664 g/mol. The van der Waals surface area contributed by atoms with Crippen LogP contribution >= 0.6 is 0 Å². The van der Waals surface area contributed by atoms with Gasteiger partial charge < -0.3 is 8.98 Å². The molecule has 0 saturated carbocycles. The highest BCUT2D eigenvalue weighted by Crippen LogP contribution is 2.40. The lowest BCUT2D eigenvalue weighted by atomic mass is 10.0. The van der Waals surface area contributed by atoms with Crippen molar-refractivity contribution in [3.8, 4) is 39.9 Å². The van der Waals surface area contributed by atoms with Gasteiger partial charge in [-0.1, -0.05) is 127 Å². The molecule has 8 aromatic carbocycles. The zero-order valence-electron chi connectivity index (χ0n) is 27.9. The second-order valence-electron chi connectivity index (χ2n) is 13.2. The summed E-state index contributed by atoms with van der Waals surface area (Å²) in [5.41, 5.74) is 7.76. The molecule has 0 saturated heterocycles. The van der Waals surface area contributed by atoms with Gasteiger partial charge in [-0.2, -0.15) is 0 Å². The Bertz CT molecular complexity index is 3190. The third kappa shape index (κ3) is 4.39. The van der Waals surface area contributed by atoms with E-state index in [2.05, 4.69) is 132 Å². The fourth-order valence-corrected chi connectivity index (χ4v) is 7.83. The molecule has 0 N–H and O–H groups in total. The van der Waals surface area contributed by atoms with Gasteiger partial charge >= 0.3 is 0 Å². The third-order valence-electron chi connectivity index (χ3n) is 10.2. The number of nitrogens with zero attached hydrogens (tertiary/aromatic N) is 4. The summed E-state index contributed by atoms with van der Waals surface area (Å²) < 4.78 is 8.89. The van der Waals surface area contributed by atoms with Crippen molar-refractivity contribution in [2.45, 2.75) is 0 Å². The summed E-state index contributed by atoms with van der Waals surface area (Å²) in [7, 11) is 0. The fraction of sp³-hybridized carbons (Fsp3) is 0. The first-order chi connectivity index (χ1) is 25.8. The van der Waals surface area contributed by atoms with Crippen LogP contribution in [0.25, 0.3) is 105 Å². The Kier molecular flexibility index (Phi) is 6.18. The predicted molar refractivity (Wildman–Crippen MR) is 213 cm³/mol. The topological polar surface area (TPSA) is 56.7 Å². The summed E-state index contributed by atoms with van der Waals surface area (Å²) in [6.45, 7) is 0. The summed E-state index contributed by atoms with van der Waals surface area (Å²) in [6, 6.07) is 59.2. The second-order valence-corrected chi connectivity index (χ2v) is 13.2. The van der Waals surface area contributed by atoms with Crippen LogP contribution in [-0.4, -0.2) is 19.5 Å². The van der Waals surface area contributed by atoms with Gasteiger partial charge in [0.15, 0.2) is 17.5 Å². The van der Waals surface area contributed by atoms with Crippen LogP contribution < -0.4 is 0 Å². The fourth-order valence-electron chi connectivity index (χ4n) is 7.83. The number of benzene rings is 8. The van der Waals surface area contributed by atoms with E-state index < -0.39 is 0 Å². The van der Waals surface area contributed by atoms with Crippen molar-refractivity contribution in [1.29, 1.82) is 0 Å². The van der Waals surface area contributed by atoms with E-state index in [1.165, 1.54) is 21.5 Å². The molecule has 0 fully saturated rings. The molecule has 5 nitrogen and oxygen atoms in total. The average Bonchev–Trinajstić information content (AvgIpc) is 3.75. The summed E-state index contributed by atoms with van der Waals surface area (Å²) in [4.78, 5) is 15.4. The number of aromatic nitrogens is 4. The minimum atomic E-state index is 0.596. The van der Waals surface area contributed by atoms with Gasteiger partial charge in [0.1, 0.15) is 11.2 Å². The minimum Gasteiger partial charge on any atom is -0.456 e. The molecule has 3 aromatic heterocycles. The maximum Gasteiger partial charge on any atom is 0.164 e. The number of para-hydroxylation sites is 1. The third-order valence-corrected chi connectivity index (χ3v) is 10.2. The molecule has 0 radical (unpaired) electrons. The lowest BCUT2D eigenvalue weighted by molar-refractivity contribution is 0.669. The Labute approximate surface area is 298 Å². The van der Waals surface area contributed by atoms with Crippen LogP contribution in [0, 0.1) is 0 Å². The summed E-state index contributed by atoms with van der Waals surface area (Å²) >= 11 is 0. The van der Waals surface area contributed by atoms with Gasteiger partial charge in [0.05, 0.1) is 11.0 Å². The summed E-state index contributed by atoms with van der Waals surface area (Å²) in [5.74, 6) is 1.85. The molecule has 0 spiro atoms. The molecule has 0 atom stereocenters. The molecular formula is C47H28N4O. The van der Waals surface area contributed by atoms with E-state index in [-0.39, 0.29) is 0 Å². The van der Waals surface area contributed by atoms with Gasteiger partial charge in [-0.05, 0) is 64.0 Å². The van der Waals surface area contributed by atoms with Crippen LogP contribution in [0.3, 0.4) is 0 Å². The Morgan fingerprint density at radius 1 is 0.385 bits per heavy atom. The standard InChI is InChI=1S/C47H28N4O/c1-2-13-30(14-3-1)45-48-46(36-20-10-17-29-12-6-7-18-34(29)36)50-47(49-45)37-21-11-23-43-44(37)39-28-33(24-25-42(39)52-43)51-40-22-9-8-19-35(40)38-26-31-15-4-5-16-32(31)27-41(38)51/h1-28H. The molecule has 242 valence electrons. The summed E-state index contributed by atoms with van der Waals surface area (Å²) in [5, 5.41) is 9.10. The summed E-state index contributed by atoms with van der Waals surface area (Å²) in [6.07, 6.45) is 0. The van der Waals surface area contributed by atoms with Crippen LogP contribution in [0.1, 0.15) is 0 Å². The number of furan rings is 1. The smallest absolute Gasteiger partial charge is 0.164 e. The van der Waals surface area contributed by atoms with E-state index in [4.69, 9.17) is 19.4 Å². The van der Waals surface area contributed by atoms with E-state index in [0.29, 0.717) is 17.5 Å². The van der Waals surface area contributed by atoms with Gasteiger partial charge in [-0.25, -0.2) is 15.0 Å². The van der Waals surface area contributed by atoms with Gasteiger partial charge in [-0.15, -0.1) is 0 Å². The molecule has 0 bridgehead atoms. The number of hydrogen-bond acceptors (Lipinski definition) is 4. The quantitative estimate of drug-likeness (QED) is 0.188.